The van der Waals surface area contributed by atoms with Crippen LogP contribution in [-0.4, -0.2) is 50.5 Å². The Bertz CT molecular complexity index is 1110. The lowest BCUT2D eigenvalue weighted by Crippen LogP contribution is -2.33. The molecule has 158 valence electrons. The van der Waals surface area contributed by atoms with Gasteiger partial charge in [0.1, 0.15) is 5.82 Å². The van der Waals surface area contributed by atoms with Crippen molar-refractivity contribution in [3.8, 4) is 0 Å². The second-order valence-corrected chi connectivity index (χ2v) is 7.96. The highest BCUT2D eigenvalue weighted by atomic mass is 16.2. The van der Waals surface area contributed by atoms with E-state index in [2.05, 4.69) is 27.5 Å². The molecule has 1 fully saturated rings. The van der Waals surface area contributed by atoms with E-state index in [0.29, 0.717) is 23.4 Å². The number of carbonyl (C=O) groups is 1. The number of nitrogens with zero attached hydrogens (tertiary/aromatic N) is 5. The highest BCUT2D eigenvalue weighted by Crippen LogP contribution is 2.27. The number of aryl methyl sites for hydroxylation is 1. The summed E-state index contributed by atoms with van der Waals surface area (Å²) in [4.78, 5) is 28.0. The number of aromatic nitrogens is 4. The van der Waals surface area contributed by atoms with Gasteiger partial charge in [0.2, 0.25) is 5.91 Å². The molecule has 0 radical (unpaired) electrons. The Hall–Kier alpha value is -3.00. The fraction of sp³-hybridized carbons (Fsp3) is 0.455. The van der Waals surface area contributed by atoms with Crippen LogP contribution in [0.4, 0.5) is 5.82 Å². The first kappa shape index (κ1) is 20.3. The highest BCUT2D eigenvalue weighted by Gasteiger charge is 2.25. The predicted molar refractivity (Wildman–Crippen MR) is 117 cm³/mol. The molecule has 1 aliphatic heterocycles. The number of likely N-dealkylation sites (tertiary alicyclic amines) is 1. The van der Waals surface area contributed by atoms with Gasteiger partial charge in [0.15, 0.2) is 0 Å². The van der Waals surface area contributed by atoms with Gasteiger partial charge >= 0.3 is 0 Å². The topological polar surface area (TPSA) is 85.1 Å². The van der Waals surface area contributed by atoms with E-state index in [9.17, 15) is 9.59 Å². The first-order chi connectivity index (χ1) is 14.5. The molecule has 1 unspecified atom stereocenters. The molecule has 1 saturated heterocycles. The first-order valence-corrected chi connectivity index (χ1v) is 10.5. The normalized spacial score (nSPS) is 16.6. The van der Waals surface area contributed by atoms with Crippen molar-refractivity contribution in [2.75, 3.05) is 25.5 Å². The summed E-state index contributed by atoms with van der Waals surface area (Å²) in [5.74, 6) is 0.0206. The SMILES string of the molecule is CCn1nc(C(C)C(=O)Nc2ccnn2C2CCN(C)CC2)c2ccccc2c1=O. The average Bonchev–Trinajstić information content (AvgIpc) is 3.22. The molecule has 4 rings (SSSR count). The summed E-state index contributed by atoms with van der Waals surface area (Å²) in [6.45, 7) is 6.18. The molecule has 1 N–H and O–H groups in total. The van der Waals surface area contributed by atoms with Crippen LogP contribution in [-0.2, 0) is 11.3 Å². The molecule has 0 spiro atoms. The first-order valence-electron chi connectivity index (χ1n) is 10.5. The van der Waals surface area contributed by atoms with Crippen molar-refractivity contribution in [1.29, 1.82) is 0 Å². The number of hydrogen-bond acceptors (Lipinski definition) is 5. The maximum atomic E-state index is 13.1. The van der Waals surface area contributed by atoms with Gasteiger partial charge in [-0.1, -0.05) is 18.2 Å². The monoisotopic (exact) mass is 408 g/mol. The molecule has 0 bridgehead atoms. The zero-order valence-corrected chi connectivity index (χ0v) is 17.7. The van der Waals surface area contributed by atoms with Gasteiger partial charge in [-0.3, -0.25) is 9.59 Å². The number of nitrogens with one attached hydrogen (secondary N) is 1. The van der Waals surface area contributed by atoms with Crippen LogP contribution in [0.2, 0.25) is 0 Å². The van der Waals surface area contributed by atoms with E-state index in [4.69, 9.17) is 0 Å². The Balaban J connectivity index is 1.61. The van der Waals surface area contributed by atoms with Crippen molar-refractivity contribution >= 4 is 22.5 Å². The number of amides is 1. The zero-order chi connectivity index (χ0) is 21.3. The fourth-order valence-electron chi connectivity index (χ4n) is 4.10. The summed E-state index contributed by atoms with van der Waals surface area (Å²) in [5.41, 5.74) is 0.472. The predicted octanol–water partition coefficient (Wildman–Crippen LogP) is 2.62. The van der Waals surface area contributed by atoms with Gasteiger partial charge in [0.25, 0.3) is 5.56 Å². The number of piperidine rings is 1. The van der Waals surface area contributed by atoms with Crippen LogP contribution in [0.3, 0.4) is 0 Å². The average molecular weight is 409 g/mol. The van der Waals surface area contributed by atoms with Gasteiger partial charge in [-0.25, -0.2) is 9.36 Å². The summed E-state index contributed by atoms with van der Waals surface area (Å²) in [7, 11) is 2.12. The van der Waals surface area contributed by atoms with Crippen LogP contribution < -0.4 is 10.9 Å². The van der Waals surface area contributed by atoms with E-state index in [-0.39, 0.29) is 17.5 Å². The van der Waals surface area contributed by atoms with Crippen molar-refractivity contribution in [2.45, 2.75) is 45.2 Å². The minimum absolute atomic E-state index is 0.134. The molecule has 3 aromatic rings. The largest absolute Gasteiger partial charge is 0.310 e. The van der Waals surface area contributed by atoms with Gasteiger partial charge in [-0.2, -0.15) is 10.2 Å². The van der Waals surface area contributed by atoms with Gasteiger partial charge in [0, 0.05) is 18.0 Å². The Morgan fingerprint density at radius 1 is 1.20 bits per heavy atom. The van der Waals surface area contributed by atoms with Crippen molar-refractivity contribution < 1.29 is 4.79 Å². The van der Waals surface area contributed by atoms with Crippen LogP contribution >= 0.6 is 0 Å². The lowest BCUT2D eigenvalue weighted by molar-refractivity contribution is -0.117. The zero-order valence-electron chi connectivity index (χ0n) is 17.7. The molecule has 2 aromatic heterocycles. The maximum Gasteiger partial charge on any atom is 0.274 e. The molecule has 0 saturated carbocycles. The van der Waals surface area contributed by atoms with Crippen molar-refractivity contribution in [1.82, 2.24) is 24.5 Å². The third kappa shape index (κ3) is 3.75. The summed E-state index contributed by atoms with van der Waals surface area (Å²) >= 11 is 0. The number of hydrogen-bond donors (Lipinski definition) is 1. The van der Waals surface area contributed by atoms with Crippen LogP contribution in [0, 0.1) is 0 Å². The third-order valence-corrected chi connectivity index (χ3v) is 5.95. The van der Waals surface area contributed by atoms with Crippen LogP contribution in [0.5, 0.6) is 0 Å². The van der Waals surface area contributed by atoms with E-state index in [1.165, 1.54) is 4.68 Å². The minimum Gasteiger partial charge on any atom is -0.310 e. The Labute approximate surface area is 175 Å². The van der Waals surface area contributed by atoms with E-state index in [1.54, 1.807) is 12.3 Å². The third-order valence-electron chi connectivity index (χ3n) is 5.95. The van der Waals surface area contributed by atoms with E-state index < -0.39 is 5.92 Å². The molecule has 1 aliphatic rings. The Kier molecular flexibility index (Phi) is 5.67. The van der Waals surface area contributed by atoms with E-state index in [0.717, 1.165) is 31.3 Å². The highest BCUT2D eigenvalue weighted by molar-refractivity contribution is 5.97. The number of rotatable bonds is 5. The molecule has 1 aromatic carbocycles. The standard InChI is InChI=1S/C22H28N6O2/c1-4-27-22(30)18-8-6-5-7-17(18)20(25-27)15(2)21(29)24-19-9-12-23-28(19)16-10-13-26(3)14-11-16/h5-9,12,15-16H,4,10-11,13-14H2,1-3H3,(H,24,29). The molecular weight excluding hydrogens is 380 g/mol. The summed E-state index contributed by atoms with van der Waals surface area (Å²) in [5, 5.41) is 13.3. The fourth-order valence-corrected chi connectivity index (χ4v) is 4.10. The number of anilines is 1. The second-order valence-electron chi connectivity index (χ2n) is 7.96. The molecular formula is C22H28N6O2. The van der Waals surface area contributed by atoms with Crippen molar-refractivity contribution in [3.63, 3.8) is 0 Å². The van der Waals surface area contributed by atoms with Gasteiger partial charge in [-0.05, 0) is 52.9 Å². The van der Waals surface area contributed by atoms with Crippen LogP contribution in [0.15, 0.2) is 41.3 Å². The van der Waals surface area contributed by atoms with Crippen LogP contribution in [0.1, 0.15) is 44.3 Å². The molecule has 30 heavy (non-hydrogen) atoms. The second kappa shape index (κ2) is 8.39. The van der Waals surface area contributed by atoms with Gasteiger partial charge in [-0.15, -0.1) is 0 Å². The minimum atomic E-state index is -0.519. The summed E-state index contributed by atoms with van der Waals surface area (Å²) in [6.07, 6.45) is 3.73. The molecule has 3 heterocycles. The summed E-state index contributed by atoms with van der Waals surface area (Å²) in [6, 6.07) is 9.45. The molecule has 1 atom stereocenters. The molecule has 8 heteroatoms. The van der Waals surface area contributed by atoms with Crippen LogP contribution in [0.25, 0.3) is 10.8 Å². The number of benzene rings is 1. The van der Waals surface area contributed by atoms with E-state index >= 15 is 0 Å². The Morgan fingerprint density at radius 3 is 2.60 bits per heavy atom. The van der Waals surface area contributed by atoms with Crippen molar-refractivity contribution in [3.05, 3.63) is 52.6 Å². The maximum absolute atomic E-state index is 13.1. The lowest BCUT2D eigenvalue weighted by Gasteiger charge is -2.30. The summed E-state index contributed by atoms with van der Waals surface area (Å²) < 4.78 is 3.35. The number of carbonyl (C=O) groups excluding carboxylic acids is 1. The molecule has 0 aliphatic carbocycles. The molecule has 8 nitrogen and oxygen atoms in total. The lowest BCUT2D eigenvalue weighted by atomic mass is 10.0. The smallest absolute Gasteiger partial charge is 0.274 e. The van der Waals surface area contributed by atoms with Crippen molar-refractivity contribution in [2.24, 2.45) is 0 Å². The quantitative estimate of drug-likeness (QED) is 0.702. The number of fused-ring (bicyclic) bond motifs is 1. The Morgan fingerprint density at radius 2 is 1.90 bits per heavy atom. The molecule has 1 amide bonds. The van der Waals surface area contributed by atoms with E-state index in [1.807, 2.05) is 42.8 Å². The van der Waals surface area contributed by atoms with Gasteiger partial charge < -0.3 is 10.2 Å². The van der Waals surface area contributed by atoms with Gasteiger partial charge in [0.05, 0.1) is 29.2 Å².